The summed E-state index contributed by atoms with van der Waals surface area (Å²) in [5.74, 6) is 1.39. The van der Waals surface area contributed by atoms with Crippen LogP contribution in [0.2, 0.25) is 0 Å². The predicted octanol–water partition coefficient (Wildman–Crippen LogP) is 2.48. The molecule has 15 heavy (non-hydrogen) atoms. The quantitative estimate of drug-likeness (QED) is 0.779. The first-order chi connectivity index (χ1) is 6.88. The molecule has 4 nitrogen and oxygen atoms in total. The first-order valence-corrected chi connectivity index (χ1v) is 5.34. The van der Waals surface area contributed by atoms with Crippen LogP contribution in [-0.4, -0.2) is 19.8 Å². The van der Waals surface area contributed by atoms with Crippen molar-refractivity contribution in [2.45, 2.75) is 46.0 Å². The van der Waals surface area contributed by atoms with Crippen molar-refractivity contribution in [1.29, 1.82) is 0 Å². The van der Waals surface area contributed by atoms with Crippen LogP contribution in [0.3, 0.4) is 0 Å². The molecule has 0 atom stereocenters. The molecule has 0 radical (unpaired) electrons. The van der Waals surface area contributed by atoms with Gasteiger partial charge in [-0.3, -0.25) is 0 Å². The Bertz CT molecular complexity index is 439. The maximum Gasteiger partial charge on any atom is 0.155 e. The molecule has 0 unspecified atom stereocenters. The lowest BCUT2D eigenvalue weighted by Gasteiger charge is -2.13. The number of aromatic amines is 1. The fourth-order valence-electron chi connectivity index (χ4n) is 1.42. The normalized spacial score (nSPS) is 12.9. The third-order valence-electron chi connectivity index (χ3n) is 2.47. The molecule has 2 heterocycles. The van der Waals surface area contributed by atoms with Crippen LogP contribution >= 0.6 is 0 Å². The van der Waals surface area contributed by atoms with Gasteiger partial charge in [0.2, 0.25) is 0 Å². The fourth-order valence-corrected chi connectivity index (χ4v) is 1.42. The van der Waals surface area contributed by atoms with Crippen molar-refractivity contribution < 1.29 is 0 Å². The van der Waals surface area contributed by atoms with E-state index in [4.69, 9.17) is 0 Å². The molecule has 0 saturated heterocycles. The maximum absolute atomic E-state index is 4.46. The molecule has 0 spiro atoms. The number of rotatable bonds is 1. The summed E-state index contributed by atoms with van der Waals surface area (Å²) in [5, 5.41) is 8.86. The van der Waals surface area contributed by atoms with Gasteiger partial charge in [-0.15, -0.1) is 9.73 Å². The SMILES string of the molecule is CC(C)c1nn2nc(C(C)(C)C)cc2[nH]1. The summed E-state index contributed by atoms with van der Waals surface area (Å²) in [6.45, 7) is 10.7. The molecule has 0 fully saturated rings. The standard InChI is InChI=1S/C11H18N4/c1-7(2)10-12-9-6-8(11(3,4)5)13-15(9)14-10/h6-7H,1-5H3,(H,12,14). The first-order valence-electron chi connectivity index (χ1n) is 5.34. The second-order valence-electron chi connectivity index (χ2n) is 5.32. The fraction of sp³-hybridized carbons (Fsp3) is 0.636. The first kappa shape index (κ1) is 10.2. The summed E-state index contributed by atoms with van der Waals surface area (Å²) in [5.41, 5.74) is 2.12. The van der Waals surface area contributed by atoms with Crippen molar-refractivity contribution in [3.8, 4) is 0 Å². The molecule has 4 heteroatoms. The smallest absolute Gasteiger partial charge is 0.155 e. The highest BCUT2D eigenvalue weighted by molar-refractivity contribution is 5.40. The van der Waals surface area contributed by atoms with Crippen molar-refractivity contribution >= 4 is 5.65 Å². The molecular formula is C11H18N4. The van der Waals surface area contributed by atoms with Crippen LogP contribution in [0.15, 0.2) is 6.07 Å². The average molecular weight is 206 g/mol. The zero-order chi connectivity index (χ0) is 11.2. The molecule has 0 amide bonds. The van der Waals surface area contributed by atoms with E-state index in [9.17, 15) is 0 Å². The zero-order valence-electron chi connectivity index (χ0n) is 10.00. The van der Waals surface area contributed by atoms with E-state index in [-0.39, 0.29) is 5.41 Å². The molecule has 0 aliphatic rings. The largest absolute Gasteiger partial charge is 0.325 e. The van der Waals surface area contributed by atoms with Crippen molar-refractivity contribution in [2.24, 2.45) is 0 Å². The van der Waals surface area contributed by atoms with Crippen LogP contribution in [0.5, 0.6) is 0 Å². The minimum absolute atomic E-state index is 0.0759. The van der Waals surface area contributed by atoms with E-state index in [1.807, 2.05) is 0 Å². The zero-order valence-corrected chi connectivity index (χ0v) is 10.00. The van der Waals surface area contributed by atoms with Gasteiger partial charge in [0, 0.05) is 17.4 Å². The predicted molar refractivity (Wildman–Crippen MR) is 60.1 cm³/mol. The molecule has 2 rings (SSSR count). The summed E-state index contributed by atoms with van der Waals surface area (Å²) < 4.78 is 1.69. The van der Waals surface area contributed by atoms with E-state index in [1.54, 1.807) is 4.63 Å². The summed E-state index contributed by atoms with van der Waals surface area (Å²) in [6, 6.07) is 2.07. The topological polar surface area (TPSA) is 46.0 Å². The Morgan fingerprint density at radius 2 is 1.93 bits per heavy atom. The van der Waals surface area contributed by atoms with Crippen molar-refractivity contribution in [3.05, 3.63) is 17.6 Å². The second kappa shape index (κ2) is 3.08. The van der Waals surface area contributed by atoms with Gasteiger partial charge in [0.1, 0.15) is 5.82 Å². The van der Waals surface area contributed by atoms with E-state index in [2.05, 4.69) is 55.9 Å². The molecule has 2 aromatic rings. The Kier molecular flexibility index (Phi) is 2.10. The Morgan fingerprint density at radius 1 is 1.27 bits per heavy atom. The summed E-state index contributed by atoms with van der Waals surface area (Å²) in [7, 11) is 0. The van der Waals surface area contributed by atoms with Crippen LogP contribution in [0.25, 0.3) is 5.65 Å². The molecule has 0 aromatic carbocycles. The number of hydrogen-bond donors (Lipinski definition) is 1. The van der Waals surface area contributed by atoms with Gasteiger partial charge in [-0.25, -0.2) is 0 Å². The number of H-pyrrole nitrogens is 1. The van der Waals surface area contributed by atoms with Gasteiger partial charge in [0.25, 0.3) is 0 Å². The Labute approximate surface area is 89.7 Å². The second-order valence-corrected chi connectivity index (χ2v) is 5.32. The van der Waals surface area contributed by atoms with Crippen molar-refractivity contribution in [3.63, 3.8) is 0 Å². The molecule has 0 bridgehead atoms. The third kappa shape index (κ3) is 1.76. The summed E-state index contributed by atoms with van der Waals surface area (Å²) in [6.07, 6.45) is 0. The van der Waals surface area contributed by atoms with E-state index in [1.165, 1.54) is 0 Å². The number of fused-ring (bicyclic) bond motifs is 1. The van der Waals surface area contributed by atoms with Crippen LogP contribution in [0.4, 0.5) is 0 Å². The number of hydrogen-bond acceptors (Lipinski definition) is 2. The Morgan fingerprint density at radius 3 is 2.40 bits per heavy atom. The van der Waals surface area contributed by atoms with E-state index < -0.39 is 0 Å². The third-order valence-corrected chi connectivity index (χ3v) is 2.47. The molecule has 2 aromatic heterocycles. The molecule has 82 valence electrons. The lowest BCUT2D eigenvalue weighted by atomic mass is 9.93. The van der Waals surface area contributed by atoms with Crippen LogP contribution in [-0.2, 0) is 5.41 Å². The summed E-state index contributed by atoms with van der Waals surface area (Å²) >= 11 is 0. The van der Waals surface area contributed by atoms with E-state index in [0.29, 0.717) is 5.92 Å². The monoisotopic (exact) mass is 206 g/mol. The van der Waals surface area contributed by atoms with Gasteiger partial charge in [0.05, 0.1) is 5.69 Å². The van der Waals surface area contributed by atoms with Gasteiger partial charge in [-0.1, -0.05) is 34.6 Å². The molecule has 0 saturated carbocycles. The lowest BCUT2D eigenvalue weighted by molar-refractivity contribution is 0.555. The lowest BCUT2D eigenvalue weighted by Crippen LogP contribution is -2.12. The number of nitrogens with one attached hydrogen (secondary N) is 1. The van der Waals surface area contributed by atoms with Gasteiger partial charge < -0.3 is 4.98 Å². The van der Waals surface area contributed by atoms with Gasteiger partial charge >= 0.3 is 0 Å². The van der Waals surface area contributed by atoms with Gasteiger partial charge in [0.15, 0.2) is 5.65 Å². The Balaban J connectivity index is 2.47. The van der Waals surface area contributed by atoms with Crippen LogP contribution < -0.4 is 0 Å². The molecule has 1 N–H and O–H groups in total. The molecule has 0 aliphatic heterocycles. The van der Waals surface area contributed by atoms with Crippen LogP contribution in [0.1, 0.15) is 52.1 Å². The van der Waals surface area contributed by atoms with Crippen molar-refractivity contribution in [1.82, 2.24) is 19.8 Å². The van der Waals surface area contributed by atoms with Crippen LogP contribution in [0, 0.1) is 0 Å². The maximum atomic E-state index is 4.46. The van der Waals surface area contributed by atoms with E-state index in [0.717, 1.165) is 17.2 Å². The van der Waals surface area contributed by atoms with E-state index >= 15 is 0 Å². The number of nitrogens with zero attached hydrogens (tertiary/aromatic N) is 3. The highest BCUT2D eigenvalue weighted by atomic mass is 15.5. The minimum atomic E-state index is 0.0759. The minimum Gasteiger partial charge on any atom is -0.325 e. The van der Waals surface area contributed by atoms with Gasteiger partial charge in [-0.2, -0.15) is 5.10 Å². The molecular weight excluding hydrogens is 188 g/mol. The average Bonchev–Trinajstić information content (AvgIpc) is 2.55. The highest BCUT2D eigenvalue weighted by Crippen LogP contribution is 2.22. The highest BCUT2D eigenvalue weighted by Gasteiger charge is 2.19. The van der Waals surface area contributed by atoms with Gasteiger partial charge in [-0.05, 0) is 0 Å². The number of aromatic nitrogens is 4. The van der Waals surface area contributed by atoms with Crippen molar-refractivity contribution in [2.75, 3.05) is 0 Å². The summed E-state index contributed by atoms with van der Waals surface area (Å²) in [4.78, 5) is 3.28. The Hall–Kier alpha value is -1.32. The molecule has 0 aliphatic carbocycles.